The van der Waals surface area contributed by atoms with Crippen LogP contribution in [0.1, 0.15) is 29.7 Å². The summed E-state index contributed by atoms with van der Waals surface area (Å²) in [6, 6.07) is 12.4. The van der Waals surface area contributed by atoms with Gasteiger partial charge in [-0.3, -0.25) is 9.52 Å². The Morgan fingerprint density at radius 2 is 1.93 bits per heavy atom. The molecule has 1 unspecified atom stereocenters. The Morgan fingerprint density at radius 1 is 1.19 bits per heavy atom. The summed E-state index contributed by atoms with van der Waals surface area (Å²) in [5.41, 5.74) is 3.13. The topological polar surface area (TPSA) is 84.5 Å². The summed E-state index contributed by atoms with van der Waals surface area (Å²) < 4.78 is 30.4. The van der Waals surface area contributed by atoms with Crippen LogP contribution in [0.15, 0.2) is 48.5 Å². The van der Waals surface area contributed by atoms with Gasteiger partial charge in [0.05, 0.1) is 19.4 Å². The summed E-state index contributed by atoms with van der Waals surface area (Å²) in [6.45, 7) is 3.80. The van der Waals surface area contributed by atoms with E-state index >= 15 is 0 Å². The number of ether oxygens (including phenoxy) is 1. The number of anilines is 1. The van der Waals surface area contributed by atoms with Crippen LogP contribution in [0.5, 0.6) is 5.75 Å². The highest BCUT2D eigenvalue weighted by molar-refractivity contribution is 7.92. The molecule has 1 atom stereocenters. The lowest BCUT2D eigenvalue weighted by Gasteiger charge is -2.14. The Labute approximate surface area is 160 Å². The molecule has 144 valence electrons. The summed E-state index contributed by atoms with van der Waals surface area (Å²) in [5.74, 6) is 0.435. The number of hydrogen-bond acceptors (Lipinski definition) is 4. The van der Waals surface area contributed by atoms with Crippen LogP contribution in [-0.2, 0) is 14.8 Å². The minimum Gasteiger partial charge on any atom is -0.496 e. The van der Waals surface area contributed by atoms with Crippen LogP contribution in [-0.4, -0.2) is 27.7 Å². The van der Waals surface area contributed by atoms with Gasteiger partial charge in [0.15, 0.2) is 0 Å². The maximum atomic E-state index is 12.2. The van der Waals surface area contributed by atoms with E-state index in [0.29, 0.717) is 11.4 Å². The molecule has 0 aliphatic heterocycles. The molecular formula is C20H24N2O4S. The normalized spacial score (nSPS) is 12.6. The summed E-state index contributed by atoms with van der Waals surface area (Å²) in [7, 11) is -1.77. The van der Waals surface area contributed by atoms with Crippen molar-refractivity contribution in [2.75, 3.05) is 18.1 Å². The molecule has 7 heteroatoms. The molecule has 0 aromatic heterocycles. The van der Waals surface area contributed by atoms with Crippen molar-refractivity contribution < 1.29 is 17.9 Å². The molecule has 1 amide bonds. The van der Waals surface area contributed by atoms with Crippen molar-refractivity contribution in [3.05, 3.63) is 65.2 Å². The van der Waals surface area contributed by atoms with E-state index in [9.17, 15) is 13.2 Å². The zero-order valence-corrected chi connectivity index (χ0v) is 16.6. The van der Waals surface area contributed by atoms with Gasteiger partial charge in [-0.05, 0) is 49.8 Å². The van der Waals surface area contributed by atoms with Crippen LogP contribution in [0.3, 0.4) is 0 Å². The number of methoxy groups -OCH3 is 1. The largest absolute Gasteiger partial charge is 0.496 e. The van der Waals surface area contributed by atoms with Crippen molar-refractivity contribution in [1.82, 2.24) is 5.32 Å². The smallest absolute Gasteiger partial charge is 0.244 e. The Hall–Kier alpha value is -2.80. The van der Waals surface area contributed by atoms with Crippen molar-refractivity contribution in [1.29, 1.82) is 0 Å². The van der Waals surface area contributed by atoms with E-state index in [1.807, 2.05) is 38.1 Å². The van der Waals surface area contributed by atoms with Gasteiger partial charge in [0, 0.05) is 17.3 Å². The highest BCUT2D eigenvalue weighted by Gasteiger charge is 2.10. The predicted octanol–water partition coefficient (Wildman–Crippen LogP) is 3.27. The number of carbonyl (C=O) groups excluding carboxylic acids is 1. The molecule has 0 saturated carbocycles. The maximum Gasteiger partial charge on any atom is 0.244 e. The zero-order valence-electron chi connectivity index (χ0n) is 15.8. The molecule has 0 heterocycles. The van der Waals surface area contributed by atoms with Crippen LogP contribution in [0.4, 0.5) is 5.69 Å². The van der Waals surface area contributed by atoms with Crippen LogP contribution in [0.25, 0.3) is 6.08 Å². The van der Waals surface area contributed by atoms with E-state index in [4.69, 9.17) is 4.74 Å². The molecular weight excluding hydrogens is 364 g/mol. The second-order valence-corrected chi connectivity index (χ2v) is 8.06. The number of sulfonamides is 1. The molecule has 0 fully saturated rings. The molecule has 0 bridgehead atoms. The van der Waals surface area contributed by atoms with Gasteiger partial charge in [-0.25, -0.2) is 8.42 Å². The van der Waals surface area contributed by atoms with Gasteiger partial charge in [0.25, 0.3) is 0 Å². The molecule has 2 rings (SSSR count). The van der Waals surface area contributed by atoms with E-state index in [-0.39, 0.29) is 11.9 Å². The molecule has 0 radical (unpaired) electrons. The quantitative estimate of drug-likeness (QED) is 0.713. The van der Waals surface area contributed by atoms with Crippen molar-refractivity contribution in [3.63, 3.8) is 0 Å². The molecule has 27 heavy (non-hydrogen) atoms. The molecule has 2 aromatic rings. The number of aryl methyl sites for hydroxylation is 1. The first-order chi connectivity index (χ1) is 12.7. The fourth-order valence-electron chi connectivity index (χ4n) is 2.58. The summed E-state index contributed by atoms with van der Waals surface area (Å²) in [5, 5.41) is 2.86. The Kier molecular flexibility index (Phi) is 6.63. The molecule has 0 aliphatic carbocycles. The first-order valence-corrected chi connectivity index (χ1v) is 10.3. The van der Waals surface area contributed by atoms with E-state index < -0.39 is 10.0 Å². The highest BCUT2D eigenvalue weighted by atomic mass is 32.2. The number of carbonyl (C=O) groups is 1. The minimum absolute atomic E-state index is 0.257. The molecule has 2 aromatic carbocycles. The van der Waals surface area contributed by atoms with E-state index in [1.165, 1.54) is 6.08 Å². The molecule has 0 spiro atoms. The summed E-state index contributed by atoms with van der Waals surface area (Å²) in [4.78, 5) is 12.2. The minimum atomic E-state index is -3.35. The first-order valence-electron chi connectivity index (χ1n) is 8.39. The lowest BCUT2D eigenvalue weighted by atomic mass is 10.1. The first kappa shape index (κ1) is 20.5. The van der Waals surface area contributed by atoms with Crippen LogP contribution in [0, 0.1) is 6.92 Å². The Balaban J connectivity index is 2.08. The molecule has 0 aliphatic rings. The lowest BCUT2D eigenvalue weighted by Crippen LogP contribution is -2.24. The van der Waals surface area contributed by atoms with Gasteiger partial charge in [-0.2, -0.15) is 0 Å². The highest BCUT2D eigenvalue weighted by Crippen LogP contribution is 2.21. The Bertz CT molecular complexity index is 952. The third-order valence-electron chi connectivity index (χ3n) is 3.85. The van der Waals surface area contributed by atoms with E-state index in [2.05, 4.69) is 10.0 Å². The average molecular weight is 388 g/mol. The monoisotopic (exact) mass is 388 g/mol. The maximum absolute atomic E-state index is 12.2. The van der Waals surface area contributed by atoms with E-state index in [1.54, 1.807) is 31.4 Å². The summed E-state index contributed by atoms with van der Waals surface area (Å²) in [6.07, 6.45) is 4.25. The second-order valence-electron chi connectivity index (χ2n) is 6.31. The van der Waals surface area contributed by atoms with Crippen LogP contribution in [0.2, 0.25) is 0 Å². The zero-order chi connectivity index (χ0) is 20.0. The fraction of sp³-hybridized carbons (Fsp3) is 0.250. The fourth-order valence-corrected chi connectivity index (χ4v) is 3.14. The third-order valence-corrected chi connectivity index (χ3v) is 4.45. The number of hydrogen-bond donors (Lipinski definition) is 2. The van der Waals surface area contributed by atoms with Gasteiger partial charge < -0.3 is 10.1 Å². The second kappa shape index (κ2) is 8.73. The van der Waals surface area contributed by atoms with Gasteiger partial charge in [-0.15, -0.1) is 0 Å². The molecule has 6 nitrogen and oxygen atoms in total. The van der Waals surface area contributed by atoms with E-state index in [0.717, 1.165) is 22.9 Å². The number of benzene rings is 2. The summed E-state index contributed by atoms with van der Waals surface area (Å²) >= 11 is 0. The van der Waals surface area contributed by atoms with Gasteiger partial charge >= 0.3 is 0 Å². The van der Waals surface area contributed by atoms with Crippen molar-refractivity contribution in [2.45, 2.75) is 19.9 Å². The van der Waals surface area contributed by atoms with Gasteiger partial charge in [0.2, 0.25) is 15.9 Å². The number of amides is 1. The average Bonchev–Trinajstić information content (AvgIpc) is 2.59. The Morgan fingerprint density at radius 3 is 2.59 bits per heavy atom. The van der Waals surface area contributed by atoms with Crippen LogP contribution < -0.4 is 14.8 Å². The SMILES string of the molecule is COc1ccc(C)cc1C=CC(=O)NC(C)c1cccc(NS(C)(=O)=O)c1. The third kappa shape index (κ3) is 6.45. The lowest BCUT2D eigenvalue weighted by molar-refractivity contribution is -0.117. The van der Waals surface area contributed by atoms with Crippen molar-refractivity contribution in [2.24, 2.45) is 0 Å². The number of nitrogens with one attached hydrogen (secondary N) is 2. The van der Waals surface area contributed by atoms with Gasteiger partial charge in [0.1, 0.15) is 5.75 Å². The molecule has 2 N–H and O–H groups in total. The molecule has 0 saturated heterocycles. The standard InChI is InChI=1S/C20H24N2O4S/c1-14-8-10-19(26-3)17(12-14)9-11-20(23)21-15(2)16-6-5-7-18(13-16)22-27(4,24)25/h5-13,15,22H,1-4H3,(H,21,23). The van der Waals surface area contributed by atoms with Crippen LogP contribution >= 0.6 is 0 Å². The van der Waals surface area contributed by atoms with Crippen molar-refractivity contribution >= 4 is 27.7 Å². The van der Waals surface area contributed by atoms with Crippen molar-refractivity contribution in [3.8, 4) is 5.75 Å². The number of rotatable bonds is 7. The van der Waals surface area contributed by atoms with Gasteiger partial charge in [-0.1, -0.05) is 23.8 Å². The predicted molar refractivity (Wildman–Crippen MR) is 108 cm³/mol.